The molecule has 2 aromatic rings. The van der Waals surface area contributed by atoms with Crippen LogP contribution in [-0.2, 0) is 17.7 Å². The lowest BCUT2D eigenvalue weighted by Gasteiger charge is -2.07. The third-order valence-electron chi connectivity index (χ3n) is 3.61. The first-order chi connectivity index (χ1) is 11.9. The SMILES string of the molecule is CCc1c(C)sc(NC(=O)c2ccc(=O)n(CCOC)n2)c1C(=O)O. The minimum Gasteiger partial charge on any atom is -0.478 e. The number of methoxy groups -OCH3 is 1. The zero-order valence-corrected chi connectivity index (χ0v) is 15.0. The van der Waals surface area contributed by atoms with E-state index < -0.39 is 11.9 Å². The lowest BCUT2D eigenvalue weighted by Crippen LogP contribution is -2.27. The van der Waals surface area contributed by atoms with E-state index in [4.69, 9.17) is 4.74 Å². The quantitative estimate of drug-likeness (QED) is 0.774. The summed E-state index contributed by atoms with van der Waals surface area (Å²) in [4.78, 5) is 36.5. The maximum atomic E-state index is 12.4. The second-order valence-corrected chi connectivity index (χ2v) is 6.45. The number of anilines is 1. The van der Waals surface area contributed by atoms with Gasteiger partial charge in [0, 0.05) is 18.1 Å². The number of aryl methyl sites for hydroxylation is 1. The van der Waals surface area contributed by atoms with Gasteiger partial charge in [0.1, 0.15) is 10.7 Å². The summed E-state index contributed by atoms with van der Waals surface area (Å²) in [6, 6.07) is 2.55. The van der Waals surface area contributed by atoms with Crippen molar-refractivity contribution in [2.45, 2.75) is 26.8 Å². The third kappa shape index (κ3) is 4.12. The van der Waals surface area contributed by atoms with E-state index in [0.29, 0.717) is 12.0 Å². The molecule has 134 valence electrons. The van der Waals surface area contributed by atoms with Crippen LogP contribution in [0.4, 0.5) is 5.00 Å². The van der Waals surface area contributed by atoms with Gasteiger partial charge < -0.3 is 15.2 Å². The summed E-state index contributed by atoms with van der Waals surface area (Å²) < 4.78 is 6.04. The number of carbonyl (C=O) groups excluding carboxylic acids is 1. The molecular formula is C16H19N3O5S. The summed E-state index contributed by atoms with van der Waals surface area (Å²) in [5, 5.41) is 16.3. The molecule has 8 nitrogen and oxygen atoms in total. The van der Waals surface area contributed by atoms with Crippen molar-refractivity contribution in [3.63, 3.8) is 0 Å². The van der Waals surface area contributed by atoms with Crippen molar-refractivity contribution in [1.82, 2.24) is 9.78 Å². The molecule has 0 radical (unpaired) electrons. The zero-order chi connectivity index (χ0) is 18.6. The molecule has 0 fully saturated rings. The Morgan fingerprint density at radius 1 is 1.40 bits per heavy atom. The number of carboxylic acid groups (broad SMARTS) is 1. The average Bonchev–Trinajstić information content (AvgIpc) is 2.89. The van der Waals surface area contributed by atoms with E-state index in [2.05, 4.69) is 10.4 Å². The van der Waals surface area contributed by atoms with E-state index in [-0.39, 0.29) is 35.0 Å². The maximum Gasteiger partial charge on any atom is 0.339 e. The Balaban J connectivity index is 2.32. The number of ether oxygens (including phenoxy) is 1. The zero-order valence-electron chi connectivity index (χ0n) is 14.2. The molecule has 0 aliphatic rings. The molecule has 2 aromatic heterocycles. The Labute approximate surface area is 148 Å². The van der Waals surface area contributed by atoms with Crippen LogP contribution in [0.5, 0.6) is 0 Å². The van der Waals surface area contributed by atoms with Crippen LogP contribution < -0.4 is 10.9 Å². The highest BCUT2D eigenvalue weighted by Crippen LogP contribution is 2.33. The van der Waals surface area contributed by atoms with E-state index >= 15 is 0 Å². The molecule has 0 bridgehead atoms. The molecule has 0 unspecified atom stereocenters. The fourth-order valence-electron chi connectivity index (χ4n) is 2.39. The number of carbonyl (C=O) groups is 2. The molecule has 0 aliphatic heterocycles. The Kier molecular flexibility index (Phi) is 6.05. The molecular weight excluding hydrogens is 346 g/mol. The Morgan fingerprint density at radius 2 is 2.12 bits per heavy atom. The number of rotatable bonds is 7. The molecule has 9 heteroatoms. The van der Waals surface area contributed by atoms with Crippen LogP contribution in [0.1, 0.15) is 38.2 Å². The van der Waals surface area contributed by atoms with Crippen molar-refractivity contribution >= 4 is 28.2 Å². The van der Waals surface area contributed by atoms with Gasteiger partial charge in [-0.1, -0.05) is 6.92 Å². The summed E-state index contributed by atoms with van der Waals surface area (Å²) in [7, 11) is 1.50. The molecule has 0 saturated carbocycles. The van der Waals surface area contributed by atoms with Crippen LogP contribution in [0, 0.1) is 6.92 Å². The van der Waals surface area contributed by atoms with Gasteiger partial charge in [0.05, 0.1) is 18.7 Å². The molecule has 2 N–H and O–H groups in total. The summed E-state index contributed by atoms with van der Waals surface area (Å²) in [5.41, 5.74) is 0.480. The van der Waals surface area contributed by atoms with Gasteiger partial charge in [0.25, 0.3) is 11.5 Å². The van der Waals surface area contributed by atoms with Gasteiger partial charge in [-0.15, -0.1) is 11.3 Å². The number of thiophene rings is 1. The minimum absolute atomic E-state index is 0.0242. The van der Waals surface area contributed by atoms with Gasteiger partial charge in [-0.2, -0.15) is 5.10 Å². The van der Waals surface area contributed by atoms with E-state index in [9.17, 15) is 19.5 Å². The van der Waals surface area contributed by atoms with Crippen LogP contribution >= 0.6 is 11.3 Å². The van der Waals surface area contributed by atoms with Gasteiger partial charge in [0.15, 0.2) is 0 Å². The fraction of sp³-hybridized carbons (Fsp3) is 0.375. The van der Waals surface area contributed by atoms with Crippen molar-refractivity contribution in [3.8, 4) is 0 Å². The second-order valence-electron chi connectivity index (χ2n) is 5.23. The van der Waals surface area contributed by atoms with E-state index in [1.807, 2.05) is 13.8 Å². The van der Waals surface area contributed by atoms with Gasteiger partial charge >= 0.3 is 5.97 Å². The number of nitrogens with zero attached hydrogens (tertiary/aromatic N) is 2. The average molecular weight is 365 g/mol. The van der Waals surface area contributed by atoms with Crippen LogP contribution in [0.3, 0.4) is 0 Å². The summed E-state index contributed by atoms with van der Waals surface area (Å²) in [6.45, 7) is 4.18. The van der Waals surface area contributed by atoms with Crippen molar-refractivity contribution in [2.24, 2.45) is 0 Å². The first-order valence-corrected chi connectivity index (χ1v) is 8.44. The van der Waals surface area contributed by atoms with E-state index in [1.54, 1.807) is 0 Å². The highest BCUT2D eigenvalue weighted by atomic mass is 32.1. The van der Waals surface area contributed by atoms with E-state index in [0.717, 1.165) is 9.56 Å². The van der Waals surface area contributed by atoms with Crippen LogP contribution in [0.25, 0.3) is 0 Å². The maximum absolute atomic E-state index is 12.4. The first kappa shape index (κ1) is 18.8. The standard InChI is InChI=1S/C16H19N3O5S/c1-4-10-9(2)25-15(13(10)16(22)23)17-14(21)11-5-6-12(20)19(18-11)7-8-24-3/h5-6H,4,7-8H2,1-3H3,(H,17,21)(H,22,23). The lowest BCUT2D eigenvalue weighted by atomic mass is 10.1. The Morgan fingerprint density at radius 3 is 2.72 bits per heavy atom. The predicted octanol–water partition coefficient (Wildman–Crippen LogP) is 1.77. The van der Waals surface area contributed by atoms with Crippen molar-refractivity contribution < 1.29 is 19.4 Å². The molecule has 2 heterocycles. The number of aromatic nitrogens is 2. The van der Waals surface area contributed by atoms with Gasteiger partial charge in [-0.05, 0) is 25.0 Å². The van der Waals surface area contributed by atoms with Gasteiger partial charge in [-0.3, -0.25) is 9.59 Å². The number of amides is 1. The van der Waals surface area contributed by atoms with Gasteiger partial charge in [0.2, 0.25) is 0 Å². The number of hydrogen-bond acceptors (Lipinski definition) is 6. The van der Waals surface area contributed by atoms with Crippen molar-refractivity contribution in [2.75, 3.05) is 19.0 Å². The molecule has 0 atom stereocenters. The molecule has 0 aromatic carbocycles. The summed E-state index contributed by atoms with van der Waals surface area (Å²) >= 11 is 1.21. The summed E-state index contributed by atoms with van der Waals surface area (Å²) in [6.07, 6.45) is 0.556. The molecule has 1 amide bonds. The van der Waals surface area contributed by atoms with Crippen LogP contribution in [0.2, 0.25) is 0 Å². The topological polar surface area (TPSA) is 111 Å². The lowest BCUT2D eigenvalue weighted by molar-refractivity contribution is 0.0697. The number of aromatic carboxylic acids is 1. The molecule has 0 aliphatic carbocycles. The second kappa shape index (κ2) is 8.04. The minimum atomic E-state index is -1.09. The molecule has 2 rings (SSSR count). The van der Waals surface area contributed by atoms with Crippen LogP contribution in [0.15, 0.2) is 16.9 Å². The molecule has 0 saturated heterocycles. The van der Waals surface area contributed by atoms with Gasteiger partial charge in [-0.25, -0.2) is 9.48 Å². The number of nitrogens with one attached hydrogen (secondary N) is 1. The normalized spacial score (nSPS) is 10.7. The first-order valence-electron chi connectivity index (χ1n) is 7.63. The number of carboxylic acids is 1. The number of hydrogen-bond donors (Lipinski definition) is 2. The Hall–Kier alpha value is -2.52. The highest BCUT2D eigenvalue weighted by molar-refractivity contribution is 7.16. The Bertz CT molecular complexity index is 856. The molecule has 0 spiro atoms. The van der Waals surface area contributed by atoms with Crippen molar-refractivity contribution in [1.29, 1.82) is 0 Å². The third-order valence-corrected chi connectivity index (χ3v) is 4.67. The molecule has 25 heavy (non-hydrogen) atoms. The van der Waals surface area contributed by atoms with E-state index in [1.165, 1.54) is 30.6 Å². The monoisotopic (exact) mass is 365 g/mol. The summed E-state index contributed by atoms with van der Waals surface area (Å²) in [5.74, 6) is -1.66. The fourth-order valence-corrected chi connectivity index (χ4v) is 3.53. The van der Waals surface area contributed by atoms with Crippen LogP contribution in [-0.4, -0.2) is 40.5 Å². The van der Waals surface area contributed by atoms with Crippen molar-refractivity contribution in [3.05, 3.63) is 44.2 Å². The predicted molar refractivity (Wildman–Crippen MR) is 93.7 cm³/mol. The smallest absolute Gasteiger partial charge is 0.339 e. The highest BCUT2D eigenvalue weighted by Gasteiger charge is 2.22. The largest absolute Gasteiger partial charge is 0.478 e.